The van der Waals surface area contributed by atoms with Crippen molar-refractivity contribution in [2.75, 3.05) is 0 Å². The first kappa shape index (κ1) is 21.0. The number of benzene rings is 4. The molecular formula is C26H17Cl2N3O3. The van der Waals surface area contributed by atoms with E-state index >= 15 is 0 Å². The molecule has 168 valence electrons. The molecule has 6 rings (SSSR count). The van der Waals surface area contributed by atoms with Crippen LogP contribution < -0.4 is 4.74 Å². The predicted molar refractivity (Wildman–Crippen MR) is 133 cm³/mol. The monoisotopic (exact) mass is 489 g/mol. The number of hydrazone groups is 1. The number of ether oxygens (including phenoxy) is 1. The van der Waals surface area contributed by atoms with Crippen molar-refractivity contribution in [2.45, 2.75) is 18.7 Å². The molecule has 0 bridgehead atoms. The van der Waals surface area contributed by atoms with Gasteiger partial charge in [-0.25, -0.2) is 5.01 Å². The van der Waals surface area contributed by atoms with Crippen LogP contribution in [0.1, 0.15) is 35.4 Å². The van der Waals surface area contributed by atoms with Crippen LogP contribution in [0.25, 0.3) is 10.8 Å². The molecule has 8 heteroatoms. The van der Waals surface area contributed by atoms with E-state index in [4.69, 9.17) is 33.0 Å². The van der Waals surface area contributed by atoms with Gasteiger partial charge in [-0.05, 0) is 34.5 Å². The summed E-state index contributed by atoms with van der Waals surface area (Å²) in [6.07, 6.45) is -0.0504. The molecule has 0 aromatic heterocycles. The Bertz CT molecular complexity index is 1500. The molecule has 0 radical (unpaired) electrons. The van der Waals surface area contributed by atoms with Gasteiger partial charge in [-0.2, -0.15) is 5.10 Å². The zero-order valence-corrected chi connectivity index (χ0v) is 19.2. The van der Waals surface area contributed by atoms with Gasteiger partial charge >= 0.3 is 0 Å². The van der Waals surface area contributed by atoms with Gasteiger partial charge in [0.15, 0.2) is 0 Å². The van der Waals surface area contributed by atoms with Crippen molar-refractivity contribution in [1.29, 1.82) is 0 Å². The van der Waals surface area contributed by atoms with Crippen LogP contribution >= 0.6 is 23.2 Å². The first-order valence-corrected chi connectivity index (χ1v) is 11.5. The molecule has 2 atom stereocenters. The van der Waals surface area contributed by atoms with E-state index in [2.05, 4.69) is 30.3 Å². The van der Waals surface area contributed by atoms with Crippen molar-refractivity contribution in [3.63, 3.8) is 0 Å². The number of nitrogens with zero attached hydrogens (tertiary/aromatic N) is 3. The number of hydrogen-bond acceptors (Lipinski definition) is 5. The smallest absolute Gasteiger partial charge is 0.269 e. The number of hydrogen-bond donors (Lipinski definition) is 0. The highest BCUT2D eigenvalue weighted by Crippen LogP contribution is 2.51. The highest BCUT2D eigenvalue weighted by atomic mass is 35.5. The van der Waals surface area contributed by atoms with Gasteiger partial charge in [0.05, 0.1) is 21.7 Å². The highest BCUT2D eigenvalue weighted by Gasteiger charge is 2.42. The number of halogens is 2. The maximum Gasteiger partial charge on any atom is 0.269 e. The Morgan fingerprint density at radius 3 is 2.62 bits per heavy atom. The molecule has 2 heterocycles. The molecule has 0 spiro atoms. The fourth-order valence-electron chi connectivity index (χ4n) is 4.67. The van der Waals surface area contributed by atoms with Crippen LogP contribution in [0, 0.1) is 10.1 Å². The van der Waals surface area contributed by atoms with Gasteiger partial charge in [0, 0.05) is 34.7 Å². The zero-order valence-electron chi connectivity index (χ0n) is 17.7. The third-order valence-electron chi connectivity index (χ3n) is 6.26. The second kappa shape index (κ2) is 8.01. The molecule has 2 aliphatic rings. The predicted octanol–water partition coefficient (Wildman–Crippen LogP) is 7.30. The van der Waals surface area contributed by atoms with Gasteiger partial charge in [-0.3, -0.25) is 10.1 Å². The molecule has 0 saturated carbocycles. The van der Waals surface area contributed by atoms with E-state index < -0.39 is 11.2 Å². The van der Waals surface area contributed by atoms with Gasteiger partial charge < -0.3 is 4.74 Å². The molecule has 2 unspecified atom stereocenters. The molecule has 2 aliphatic heterocycles. The van der Waals surface area contributed by atoms with E-state index in [0.29, 0.717) is 27.8 Å². The standard InChI is InChI=1S/C26H17Cl2N3O3/c27-19-12-21-24-14-23(17-9-8-15-4-1-2-5-16(15)10-17)29-30(24)26(34-25(21)22(28)13-19)18-6-3-7-20(11-18)31(32)33/h1-13,24,26H,14H2. The largest absolute Gasteiger partial charge is 0.463 e. The van der Waals surface area contributed by atoms with Crippen LogP contribution in [0.3, 0.4) is 0 Å². The van der Waals surface area contributed by atoms with Crippen molar-refractivity contribution < 1.29 is 9.66 Å². The quantitative estimate of drug-likeness (QED) is 0.223. The molecule has 4 aromatic carbocycles. The molecule has 0 fully saturated rings. The van der Waals surface area contributed by atoms with E-state index in [1.807, 2.05) is 23.2 Å². The first-order valence-electron chi connectivity index (χ1n) is 10.7. The number of rotatable bonds is 3. The third kappa shape index (κ3) is 3.47. The summed E-state index contributed by atoms with van der Waals surface area (Å²) in [5, 5.41) is 21.4. The van der Waals surface area contributed by atoms with Crippen molar-refractivity contribution in [3.05, 3.63) is 116 Å². The molecule has 0 amide bonds. The Morgan fingerprint density at radius 1 is 0.971 bits per heavy atom. The normalized spacial score (nSPS) is 18.8. The molecule has 4 aromatic rings. The molecule has 0 aliphatic carbocycles. The summed E-state index contributed by atoms with van der Waals surface area (Å²) in [4.78, 5) is 11.0. The van der Waals surface area contributed by atoms with Crippen LogP contribution in [0.15, 0.2) is 84.0 Å². The molecular weight excluding hydrogens is 473 g/mol. The fourth-order valence-corrected chi connectivity index (χ4v) is 5.22. The maximum absolute atomic E-state index is 11.4. The van der Waals surface area contributed by atoms with Crippen molar-refractivity contribution >= 4 is 45.4 Å². The minimum Gasteiger partial charge on any atom is -0.463 e. The summed E-state index contributed by atoms with van der Waals surface area (Å²) in [7, 11) is 0. The Kier molecular flexibility index (Phi) is 4.94. The van der Waals surface area contributed by atoms with Gasteiger partial charge in [-0.15, -0.1) is 0 Å². The lowest BCUT2D eigenvalue weighted by Gasteiger charge is -2.38. The lowest BCUT2D eigenvalue weighted by Crippen LogP contribution is -2.33. The summed E-state index contributed by atoms with van der Waals surface area (Å²) < 4.78 is 6.31. The van der Waals surface area contributed by atoms with Crippen LogP contribution in [0.4, 0.5) is 5.69 Å². The second-order valence-corrected chi connectivity index (χ2v) is 9.18. The van der Waals surface area contributed by atoms with E-state index in [1.165, 1.54) is 12.1 Å². The number of fused-ring (bicyclic) bond motifs is 4. The van der Waals surface area contributed by atoms with Gasteiger partial charge in [0.2, 0.25) is 6.23 Å². The molecule has 34 heavy (non-hydrogen) atoms. The summed E-state index contributed by atoms with van der Waals surface area (Å²) in [5.41, 5.74) is 3.38. The van der Waals surface area contributed by atoms with Crippen LogP contribution in [0.5, 0.6) is 5.75 Å². The van der Waals surface area contributed by atoms with Gasteiger partial charge in [0.1, 0.15) is 5.75 Å². The summed E-state index contributed by atoms with van der Waals surface area (Å²) in [5.74, 6) is 0.527. The average Bonchev–Trinajstić information content (AvgIpc) is 3.29. The van der Waals surface area contributed by atoms with Crippen LogP contribution in [-0.4, -0.2) is 15.6 Å². The number of nitro benzene ring substituents is 1. The zero-order chi connectivity index (χ0) is 23.4. The topological polar surface area (TPSA) is 68.0 Å². The Balaban J connectivity index is 1.48. The van der Waals surface area contributed by atoms with Crippen molar-refractivity contribution in [1.82, 2.24) is 5.01 Å². The third-order valence-corrected chi connectivity index (χ3v) is 6.76. The van der Waals surface area contributed by atoms with Crippen molar-refractivity contribution in [3.8, 4) is 5.75 Å². The average molecular weight is 490 g/mol. The minimum atomic E-state index is -0.672. The lowest BCUT2D eigenvalue weighted by atomic mass is 9.95. The van der Waals surface area contributed by atoms with E-state index in [1.54, 1.807) is 18.2 Å². The van der Waals surface area contributed by atoms with Gasteiger partial charge in [0.25, 0.3) is 5.69 Å². The van der Waals surface area contributed by atoms with Crippen LogP contribution in [0.2, 0.25) is 10.0 Å². The lowest BCUT2D eigenvalue weighted by molar-refractivity contribution is -0.385. The van der Waals surface area contributed by atoms with E-state index in [9.17, 15) is 10.1 Å². The molecule has 0 N–H and O–H groups in total. The second-order valence-electron chi connectivity index (χ2n) is 8.34. The SMILES string of the molecule is O=[N+]([O-])c1cccc(C2Oc3c(Cl)cc(Cl)cc3C3CC(c4ccc5ccccc5c4)=NN32)c1. The number of nitro groups is 1. The Labute approximate surface area is 205 Å². The van der Waals surface area contributed by atoms with E-state index in [0.717, 1.165) is 27.6 Å². The minimum absolute atomic E-state index is 0.0106. The Hall–Kier alpha value is -3.61. The fraction of sp³-hybridized carbons (Fsp3) is 0.115. The highest BCUT2D eigenvalue weighted by molar-refractivity contribution is 6.35. The van der Waals surface area contributed by atoms with E-state index in [-0.39, 0.29) is 11.7 Å². The summed E-state index contributed by atoms with van der Waals surface area (Å²) in [6.45, 7) is 0. The summed E-state index contributed by atoms with van der Waals surface area (Å²) in [6, 6.07) is 24.2. The summed E-state index contributed by atoms with van der Waals surface area (Å²) >= 11 is 12.8. The molecule has 0 saturated heterocycles. The Morgan fingerprint density at radius 2 is 1.79 bits per heavy atom. The van der Waals surface area contributed by atoms with Crippen molar-refractivity contribution in [2.24, 2.45) is 5.10 Å². The first-order chi connectivity index (χ1) is 16.5. The molecule has 6 nitrogen and oxygen atoms in total. The van der Waals surface area contributed by atoms with Gasteiger partial charge in [-0.1, -0.05) is 71.7 Å². The maximum atomic E-state index is 11.4. The van der Waals surface area contributed by atoms with Crippen LogP contribution in [-0.2, 0) is 0 Å². The number of non-ortho nitro benzene ring substituents is 1.